The number of pyridine rings is 4. The lowest BCUT2D eigenvalue weighted by Crippen LogP contribution is -2.30. The standard InChI is InChI=1S/C71H42N8O2/c72-39-53-37-68(78-65-27-23-47(51-15-9-31-75-42-51)35-59(65)60-36-48(24-28-66(60)78)52-16-10-32-76-43-52)61(55-18-6-19-56-69(55)71(81)79(70(56)80)62-20-5-4-17-54(62)44-11-2-1-3-12-44)38-67(53)77-63-25-21-45(49-13-7-29-73-40-49)33-57(63)58-34-46(22-26-64(58)77)50-14-8-30-74-41-50/h1-38,40-43H. The van der Waals surface area contributed by atoms with Gasteiger partial charge in [-0.3, -0.25) is 29.5 Å². The van der Waals surface area contributed by atoms with Crippen molar-refractivity contribution in [3.8, 4) is 84.2 Å². The van der Waals surface area contributed by atoms with Crippen LogP contribution in [0.5, 0.6) is 0 Å². The van der Waals surface area contributed by atoms with Gasteiger partial charge in [0.15, 0.2) is 0 Å². The molecule has 0 atom stereocenters. The molecule has 378 valence electrons. The van der Waals surface area contributed by atoms with Crippen LogP contribution in [0, 0.1) is 11.3 Å². The molecule has 2 amide bonds. The van der Waals surface area contributed by atoms with Crippen LogP contribution in [0.25, 0.3) is 122 Å². The Kier molecular flexibility index (Phi) is 11.0. The molecule has 0 spiro atoms. The van der Waals surface area contributed by atoms with Crippen molar-refractivity contribution in [2.75, 3.05) is 4.90 Å². The molecular formula is C71H42N8O2. The van der Waals surface area contributed by atoms with E-state index < -0.39 is 11.8 Å². The Morgan fingerprint density at radius 3 is 1.20 bits per heavy atom. The van der Waals surface area contributed by atoms with Crippen LogP contribution < -0.4 is 4.90 Å². The first-order valence-electron chi connectivity index (χ1n) is 26.5. The van der Waals surface area contributed by atoms with Gasteiger partial charge in [-0.2, -0.15) is 5.26 Å². The van der Waals surface area contributed by atoms with Gasteiger partial charge in [-0.1, -0.05) is 109 Å². The van der Waals surface area contributed by atoms with E-state index in [0.29, 0.717) is 33.8 Å². The van der Waals surface area contributed by atoms with Crippen LogP contribution in [0.2, 0.25) is 0 Å². The number of imide groups is 1. The summed E-state index contributed by atoms with van der Waals surface area (Å²) in [6.45, 7) is 0. The van der Waals surface area contributed by atoms with Gasteiger partial charge in [-0.25, -0.2) is 4.90 Å². The molecule has 15 rings (SSSR count). The minimum atomic E-state index is -0.446. The third kappa shape index (κ3) is 7.63. The Hall–Kier alpha value is -11.4. The van der Waals surface area contributed by atoms with Crippen LogP contribution in [0.1, 0.15) is 26.3 Å². The predicted molar refractivity (Wildman–Crippen MR) is 321 cm³/mol. The normalized spacial score (nSPS) is 12.2. The largest absolute Gasteiger partial charge is 0.309 e. The van der Waals surface area contributed by atoms with Crippen molar-refractivity contribution in [1.29, 1.82) is 5.26 Å². The third-order valence-corrected chi connectivity index (χ3v) is 15.7. The lowest BCUT2D eigenvalue weighted by molar-refractivity contribution is 0.0926. The third-order valence-electron chi connectivity index (χ3n) is 15.7. The predicted octanol–water partition coefficient (Wildman–Crippen LogP) is 16.1. The smallest absolute Gasteiger partial charge is 0.266 e. The number of carbonyl (C=O) groups excluding carboxylic acids is 2. The second-order valence-electron chi connectivity index (χ2n) is 20.1. The number of nitriles is 1. The van der Waals surface area contributed by atoms with Crippen LogP contribution in [-0.2, 0) is 0 Å². The zero-order valence-electron chi connectivity index (χ0n) is 43.1. The lowest BCUT2D eigenvalue weighted by atomic mass is 9.93. The molecule has 14 aromatic rings. The Labute approximate surface area is 464 Å². The average Bonchev–Trinajstić information content (AvgIpc) is 4.36. The molecule has 8 aromatic carbocycles. The summed E-state index contributed by atoms with van der Waals surface area (Å²) in [5.41, 5.74) is 16.8. The minimum absolute atomic E-state index is 0.269. The second-order valence-corrected chi connectivity index (χ2v) is 20.1. The van der Waals surface area contributed by atoms with Gasteiger partial charge in [-0.15, -0.1) is 0 Å². The number of benzene rings is 8. The van der Waals surface area contributed by atoms with E-state index in [-0.39, 0.29) is 11.1 Å². The number of amides is 2. The summed E-state index contributed by atoms with van der Waals surface area (Å²) in [5.74, 6) is -0.868. The van der Waals surface area contributed by atoms with E-state index in [9.17, 15) is 5.26 Å². The Morgan fingerprint density at radius 1 is 0.321 bits per heavy atom. The number of carbonyl (C=O) groups is 2. The average molecular weight is 1040 g/mol. The van der Waals surface area contributed by atoms with Crippen molar-refractivity contribution in [3.63, 3.8) is 0 Å². The molecule has 0 bridgehead atoms. The molecule has 0 unspecified atom stereocenters. The number of para-hydroxylation sites is 1. The van der Waals surface area contributed by atoms with Gasteiger partial charge in [0.25, 0.3) is 11.8 Å². The molecular weight excluding hydrogens is 997 g/mol. The second kappa shape index (κ2) is 19.0. The van der Waals surface area contributed by atoms with Crippen LogP contribution in [0.15, 0.2) is 256 Å². The van der Waals surface area contributed by atoms with Crippen molar-refractivity contribution < 1.29 is 9.59 Å². The first kappa shape index (κ1) is 46.9. The highest BCUT2D eigenvalue weighted by Gasteiger charge is 2.40. The van der Waals surface area contributed by atoms with Crippen LogP contribution in [-0.4, -0.2) is 40.9 Å². The van der Waals surface area contributed by atoms with Gasteiger partial charge in [0.2, 0.25) is 0 Å². The molecule has 81 heavy (non-hydrogen) atoms. The number of rotatable bonds is 9. The molecule has 1 aliphatic rings. The van der Waals surface area contributed by atoms with Crippen molar-refractivity contribution >= 4 is 61.1 Å². The summed E-state index contributed by atoms with van der Waals surface area (Å²) >= 11 is 0. The zero-order valence-corrected chi connectivity index (χ0v) is 43.1. The van der Waals surface area contributed by atoms with Gasteiger partial charge in [0.1, 0.15) is 6.07 Å². The zero-order chi connectivity index (χ0) is 54.1. The number of nitrogens with zero attached hydrogens (tertiary/aromatic N) is 8. The van der Waals surface area contributed by atoms with E-state index in [0.717, 1.165) is 99.2 Å². The molecule has 0 radical (unpaired) electrons. The van der Waals surface area contributed by atoms with Crippen molar-refractivity contribution in [2.45, 2.75) is 0 Å². The van der Waals surface area contributed by atoms with Gasteiger partial charge in [0.05, 0.1) is 55.8 Å². The number of hydrogen-bond donors (Lipinski definition) is 0. The van der Waals surface area contributed by atoms with E-state index in [4.69, 9.17) is 0 Å². The van der Waals surface area contributed by atoms with Crippen LogP contribution in [0.4, 0.5) is 5.69 Å². The highest BCUT2D eigenvalue weighted by Crippen LogP contribution is 2.46. The molecule has 10 heteroatoms. The summed E-state index contributed by atoms with van der Waals surface area (Å²) in [5, 5.41) is 15.6. The van der Waals surface area contributed by atoms with E-state index in [2.05, 4.69) is 108 Å². The van der Waals surface area contributed by atoms with Crippen LogP contribution in [0.3, 0.4) is 0 Å². The Bertz CT molecular complexity index is 4720. The minimum Gasteiger partial charge on any atom is -0.309 e. The van der Waals surface area contributed by atoms with Gasteiger partial charge < -0.3 is 9.13 Å². The van der Waals surface area contributed by atoms with Crippen molar-refractivity contribution in [2.24, 2.45) is 0 Å². The van der Waals surface area contributed by atoms with Gasteiger partial charge in [0, 0.05) is 105 Å². The summed E-state index contributed by atoms with van der Waals surface area (Å²) in [6.07, 6.45) is 14.5. The fraction of sp³-hybridized carbons (Fsp3) is 0. The maximum atomic E-state index is 15.7. The fourth-order valence-corrected chi connectivity index (χ4v) is 11.9. The summed E-state index contributed by atoms with van der Waals surface area (Å²) in [7, 11) is 0. The molecule has 1 aliphatic heterocycles. The molecule has 0 saturated carbocycles. The SMILES string of the molecule is N#Cc1cc(-n2c3ccc(-c4cccnc4)cc3c3cc(-c4cccnc4)ccc32)c(-c2cccc3c2C(=O)N(c2ccccc2-c2ccccc2)C3=O)cc1-n1c2ccc(-c3cccnc3)cc2c2cc(-c3cccnc3)ccc21. The quantitative estimate of drug-likeness (QED) is 0.132. The summed E-state index contributed by atoms with van der Waals surface area (Å²) in [6, 6.07) is 71.0. The molecule has 7 heterocycles. The molecule has 6 aromatic heterocycles. The van der Waals surface area contributed by atoms with Crippen molar-refractivity contribution in [3.05, 3.63) is 273 Å². The van der Waals surface area contributed by atoms with Crippen molar-refractivity contribution in [1.82, 2.24) is 29.1 Å². The number of fused-ring (bicyclic) bond motifs is 7. The molecule has 0 N–H and O–H groups in total. The molecule has 10 nitrogen and oxygen atoms in total. The molecule has 0 saturated heterocycles. The summed E-state index contributed by atoms with van der Waals surface area (Å²) in [4.78, 5) is 49.9. The monoisotopic (exact) mass is 1040 g/mol. The first-order chi connectivity index (χ1) is 40.0. The maximum absolute atomic E-state index is 15.7. The highest BCUT2D eigenvalue weighted by atomic mass is 16.2. The Balaban J connectivity index is 1.03. The lowest BCUT2D eigenvalue weighted by Gasteiger charge is -2.20. The first-order valence-corrected chi connectivity index (χ1v) is 26.5. The van der Waals surface area contributed by atoms with E-state index in [1.165, 1.54) is 4.90 Å². The number of hydrogen-bond acceptors (Lipinski definition) is 7. The number of aromatic nitrogens is 6. The highest BCUT2D eigenvalue weighted by molar-refractivity contribution is 6.37. The Morgan fingerprint density at radius 2 is 0.741 bits per heavy atom. The van der Waals surface area contributed by atoms with Crippen LogP contribution >= 0.6 is 0 Å². The van der Waals surface area contributed by atoms with E-state index >= 15 is 9.59 Å². The fourth-order valence-electron chi connectivity index (χ4n) is 11.9. The van der Waals surface area contributed by atoms with Gasteiger partial charge >= 0.3 is 0 Å². The van der Waals surface area contributed by atoms with Gasteiger partial charge in [-0.05, 0) is 130 Å². The number of anilines is 1. The van der Waals surface area contributed by atoms with E-state index in [1.54, 1.807) is 30.9 Å². The van der Waals surface area contributed by atoms with E-state index in [1.807, 2.05) is 152 Å². The summed E-state index contributed by atoms with van der Waals surface area (Å²) < 4.78 is 4.35. The molecule has 0 aliphatic carbocycles. The molecule has 0 fully saturated rings. The maximum Gasteiger partial charge on any atom is 0.266 e. The topological polar surface area (TPSA) is 123 Å².